The summed E-state index contributed by atoms with van der Waals surface area (Å²) in [7, 11) is 0. The van der Waals surface area contributed by atoms with Gasteiger partial charge in [0.05, 0.1) is 21.4 Å². The molecule has 1 fully saturated rings. The molecule has 1 aliphatic rings. The zero-order valence-electron chi connectivity index (χ0n) is 16.3. The second-order valence-corrected chi connectivity index (χ2v) is 9.34. The molecule has 0 atom stereocenters. The highest BCUT2D eigenvalue weighted by Crippen LogP contribution is 2.38. The van der Waals surface area contributed by atoms with Crippen molar-refractivity contribution < 1.29 is 9.18 Å². The van der Waals surface area contributed by atoms with Gasteiger partial charge in [0.25, 0.3) is 0 Å². The Balaban J connectivity index is 1.29. The number of thioether (sulfide) groups is 1. The van der Waals surface area contributed by atoms with Crippen molar-refractivity contribution in [2.24, 2.45) is 0 Å². The van der Waals surface area contributed by atoms with Crippen LogP contribution in [0, 0.1) is 5.82 Å². The van der Waals surface area contributed by atoms with E-state index in [9.17, 15) is 9.18 Å². The molecule has 0 spiro atoms. The van der Waals surface area contributed by atoms with Gasteiger partial charge in [-0.05, 0) is 51.0 Å². The van der Waals surface area contributed by atoms with Crippen molar-refractivity contribution >= 4 is 49.3 Å². The molecule has 154 valence electrons. The van der Waals surface area contributed by atoms with Crippen molar-refractivity contribution in [2.45, 2.75) is 37.1 Å². The molecule has 3 heterocycles. The summed E-state index contributed by atoms with van der Waals surface area (Å²) in [6, 6.07) is 5.03. The van der Waals surface area contributed by atoms with E-state index in [1.165, 1.54) is 74.3 Å². The number of amides is 1. The van der Waals surface area contributed by atoms with Crippen LogP contribution in [-0.4, -0.2) is 52.7 Å². The number of carbonyl (C=O) groups excluding carboxylic acids is 1. The molecule has 1 aromatic carbocycles. The van der Waals surface area contributed by atoms with Crippen molar-refractivity contribution in [2.75, 3.05) is 31.9 Å². The summed E-state index contributed by atoms with van der Waals surface area (Å²) < 4.78 is 15.9. The molecule has 0 aliphatic carbocycles. The number of rotatable bonds is 7. The predicted octanol–water partition coefficient (Wildman–Crippen LogP) is 4.46. The van der Waals surface area contributed by atoms with Gasteiger partial charge < -0.3 is 10.2 Å². The van der Waals surface area contributed by atoms with Crippen molar-refractivity contribution in [3.05, 3.63) is 30.3 Å². The molecule has 1 aliphatic heterocycles. The molecule has 1 saturated heterocycles. The number of likely N-dealkylation sites (tertiary alicyclic amines) is 1. The standard InChI is InChI=1S/C21H25FN4OS2/c22-15-7-5-8-16-18(15)19-20(29-16)21(25-14-24-19)28-13-17(27)23-9-6-12-26-10-3-1-2-4-11-26/h5,7-8,14H,1-4,6,9-13H2,(H,23,27). The molecule has 4 rings (SSSR count). The maximum Gasteiger partial charge on any atom is 0.230 e. The number of carbonyl (C=O) groups is 1. The van der Waals surface area contributed by atoms with E-state index >= 15 is 0 Å². The van der Waals surface area contributed by atoms with Gasteiger partial charge in [-0.3, -0.25) is 4.79 Å². The molecule has 5 nitrogen and oxygen atoms in total. The zero-order chi connectivity index (χ0) is 20.1. The number of thiophene rings is 1. The Labute approximate surface area is 178 Å². The Hall–Kier alpha value is -1.77. The summed E-state index contributed by atoms with van der Waals surface area (Å²) in [5, 5.41) is 4.27. The smallest absolute Gasteiger partial charge is 0.230 e. The monoisotopic (exact) mass is 432 g/mol. The van der Waals surface area contributed by atoms with Crippen molar-refractivity contribution in [3.63, 3.8) is 0 Å². The normalized spacial score (nSPS) is 15.6. The Morgan fingerprint density at radius 1 is 1.21 bits per heavy atom. The van der Waals surface area contributed by atoms with Gasteiger partial charge in [-0.1, -0.05) is 30.7 Å². The third kappa shape index (κ3) is 5.05. The molecule has 3 aromatic rings. The van der Waals surface area contributed by atoms with Crippen molar-refractivity contribution in [1.29, 1.82) is 0 Å². The molecule has 0 radical (unpaired) electrons. The fraction of sp³-hybridized carbons (Fsp3) is 0.476. The van der Waals surface area contributed by atoms with Crippen LogP contribution < -0.4 is 5.32 Å². The van der Waals surface area contributed by atoms with Crippen LogP contribution in [0.25, 0.3) is 20.3 Å². The number of benzene rings is 1. The number of nitrogens with one attached hydrogen (secondary N) is 1. The van der Waals surface area contributed by atoms with Crippen LogP contribution in [0.2, 0.25) is 0 Å². The first-order chi connectivity index (χ1) is 14.2. The van der Waals surface area contributed by atoms with Crippen LogP contribution in [-0.2, 0) is 4.79 Å². The highest BCUT2D eigenvalue weighted by molar-refractivity contribution is 8.00. The van der Waals surface area contributed by atoms with Gasteiger partial charge in [-0.2, -0.15) is 0 Å². The largest absolute Gasteiger partial charge is 0.355 e. The van der Waals surface area contributed by atoms with E-state index < -0.39 is 0 Å². The Morgan fingerprint density at radius 2 is 2.03 bits per heavy atom. The summed E-state index contributed by atoms with van der Waals surface area (Å²) in [6.45, 7) is 4.11. The molecule has 29 heavy (non-hydrogen) atoms. The van der Waals surface area contributed by atoms with Crippen LogP contribution in [0.5, 0.6) is 0 Å². The van der Waals surface area contributed by atoms with E-state index in [2.05, 4.69) is 20.2 Å². The first-order valence-corrected chi connectivity index (χ1v) is 12.0. The van der Waals surface area contributed by atoms with Crippen molar-refractivity contribution in [1.82, 2.24) is 20.2 Å². The molecule has 2 aromatic heterocycles. The van der Waals surface area contributed by atoms with Crippen LogP contribution in [0.4, 0.5) is 4.39 Å². The second-order valence-electron chi connectivity index (χ2n) is 7.32. The molecule has 0 bridgehead atoms. The minimum absolute atomic E-state index is 0.00456. The lowest BCUT2D eigenvalue weighted by molar-refractivity contribution is -0.118. The average Bonchev–Trinajstić information content (AvgIpc) is 2.92. The lowest BCUT2D eigenvalue weighted by Gasteiger charge is -2.19. The highest BCUT2D eigenvalue weighted by Gasteiger charge is 2.15. The van der Waals surface area contributed by atoms with E-state index in [-0.39, 0.29) is 11.7 Å². The van der Waals surface area contributed by atoms with Gasteiger partial charge in [-0.15, -0.1) is 11.3 Å². The molecule has 0 saturated carbocycles. The summed E-state index contributed by atoms with van der Waals surface area (Å²) in [5.74, 6) is 0.0301. The van der Waals surface area contributed by atoms with Crippen LogP contribution >= 0.6 is 23.1 Å². The summed E-state index contributed by atoms with van der Waals surface area (Å²) >= 11 is 2.85. The van der Waals surface area contributed by atoms with Gasteiger partial charge in [0.15, 0.2) is 0 Å². The summed E-state index contributed by atoms with van der Waals surface area (Å²) in [4.78, 5) is 23.3. The maximum atomic E-state index is 14.2. The minimum atomic E-state index is -0.273. The highest BCUT2D eigenvalue weighted by atomic mass is 32.2. The van der Waals surface area contributed by atoms with Gasteiger partial charge in [-0.25, -0.2) is 14.4 Å². The molecule has 8 heteroatoms. The fourth-order valence-corrected chi connectivity index (χ4v) is 5.81. The third-order valence-electron chi connectivity index (χ3n) is 5.21. The number of hydrogen-bond acceptors (Lipinski definition) is 6. The van der Waals surface area contributed by atoms with Gasteiger partial charge in [0.2, 0.25) is 5.91 Å². The number of nitrogens with zero attached hydrogens (tertiary/aromatic N) is 3. The molecular formula is C21H25FN4OS2. The first-order valence-electron chi connectivity index (χ1n) is 10.2. The van der Waals surface area contributed by atoms with Gasteiger partial charge in [0, 0.05) is 11.2 Å². The Morgan fingerprint density at radius 3 is 2.86 bits per heavy atom. The van der Waals surface area contributed by atoms with E-state index in [1.807, 2.05) is 6.07 Å². The quantitative estimate of drug-likeness (QED) is 0.339. The Bertz CT molecular complexity index is 985. The number of fused-ring (bicyclic) bond motifs is 3. The summed E-state index contributed by atoms with van der Waals surface area (Å²) in [6.07, 6.45) is 7.68. The van der Waals surface area contributed by atoms with E-state index in [0.717, 1.165) is 27.4 Å². The zero-order valence-corrected chi connectivity index (χ0v) is 18.0. The van der Waals surface area contributed by atoms with E-state index in [4.69, 9.17) is 0 Å². The first kappa shape index (κ1) is 20.5. The van der Waals surface area contributed by atoms with E-state index in [0.29, 0.717) is 23.2 Å². The molecule has 0 unspecified atom stereocenters. The lowest BCUT2D eigenvalue weighted by atomic mass is 10.2. The van der Waals surface area contributed by atoms with Crippen LogP contribution in [0.15, 0.2) is 29.6 Å². The van der Waals surface area contributed by atoms with Crippen LogP contribution in [0.1, 0.15) is 32.1 Å². The average molecular weight is 433 g/mol. The number of aromatic nitrogens is 2. The van der Waals surface area contributed by atoms with Gasteiger partial charge >= 0.3 is 0 Å². The predicted molar refractivity (Wildman–Crippen MR) is 118 cm³/mol. The molecule has 1 amide bonds. The SMILES string of the molecule is O=C(CSc1ncnc2c1sc1cccc(F)c12)NCCCN1CCCCCC1. The maximum absolute atomic E-state index is 14.2. The number of hydrogen-bond donors (Lipinski definition) is 1. The summed E-state index contributed by atoms with van der Waals surface area (Å²) in [5.41, 5.74) is 0.624. The topological polar surface area (TPSA) is 58.1 Å². The Kier molecular flexibility index (Phi) is 6.94. The number of halogens is 1. The third-order valence-corrected chi connectivity index (χ3v) is 7.48. The van der Waals surface area contributed by atoms with Crippen LogP contribution in [0.3, 0.4) is 0 Å². The minimum Gasteiger partial charge on any atom is -0.355 e. The van der Waals surface area contributed by atoms with Crippen molar-refractivity contribution in [3.8, 4) is 0 Å². The fourth-order valence-electron chi connectivity index (χ4n) is 3.73. The van der Waals surface area contributed by atoms with E-state index in [1.54, 1.807) is 6.07 Å². The second kappa shape index (κ2) is 9.82. The molecular weight excluding hydrogens is 407 g/mol. The van der Waals surface area contributed by atoms with Gasteiger partial charge in [0.1, 0.15) is 17.2 Å². The lowest BCUT2D eigenvalue weighted by Crippen LogP contribution is -2.31. The molecule has 1 N–H and O–H groups in total.